The molecule has 4 aromatic carbocycles. The van der Waals surface area contributed by atoms with Gasteiger partial charge in [-0.25, -0.2) is 9.59 Å². The van der Waals surface area contributed by atoms with Gasteiger partial charge in [0, 0.05) is 13.1 Å². The molecule has 0 bridgehead atoms. The fraction of sp³-hybridized carbons (Fsp3) is 0.404. The Balaban J connectivity index is 1.41. The second-order valence-corrected chi connectivity index (χ2v) is 16.2. The van der Waals surface area contributed by atoms with E-state index >= 15 is 0 Å². The Morgan fingerprint density at radius 3 is 1.55 bits per heavy atom. The third-order valence-electron chi connectivity index (χ3n) is 9.62. The highest BCUT2D eigenvalue weighted by atomic mass is 16.6. The van der Waals surface area contributed by atoms with Gasteiger partial charge in [0.15, 0.2) is 0 Å². The Morgan fingerprint density at radius 1 is 0.600 bits per heavy atom. The molecule has 0 aliphatic heterocycles. The van der Waals surface area contributed by atoms with E-state index in [9.17, 15) is 29.4 Å². The molecule has 5 unspecified atom stereocenters. The molecule has 0 spiro atoms. The first-order valence-electron chi connectivity index (χ1n) is 20.4. The maximum Gasteiger partial charge on any atom is 0.407 e. The van der Waals surface area contributed by atoms with Gasteiger partial charge < -0.3 is 46.3 Å². The van der Waals surface area contributed by atoms with Crippen molar-refractivity contribution in [3.63, 3.8) is 0 Å². The molecular weight excluding hydrogens is 763 g/mol. The zero-order valence-electron chi connectivity index (χ0n) is 35.2. The van der Waals surface area contributed by atoms with Gasteiger partial charge in [-0.2, -0.15) is 0 Å². The fourth-order valence-corrected chi connectivity index (χ4v) is 6.49. The van der Waals surface area contributed by atoms with E-state index in [1.807, 2.05) is 97.1 Å². The number of rotatable bonds is 21. The Bertz CT molecular complexity index is 1890. The first kappa shape index (κ1) is 46.9. The number of nitrogens with one attached hydrogen (secondary N) is 5. The van der Waals surface area contributed by atoms with E-state index in [1.54, 1.807) is 58.9 Å². The molecule has 13 nitrogen and oxygen atoms in total. The number of benzene rings is 4. The number of ether oxygens (including phenoxy) is 2. The summed E-state index contributed by atoms with van der Waals surface area (Å²) in [5.74, 6) is -1.30. The molecule has 0 saturated heterocycles. The summed E-state index contributed by atoms with van der Waals surface area (Å²) in [7, 11) is 0. The molecule has 60 heavy (non-hydrogen) atoms. The number of carbonyl (C=O) groups is 4. The SMILES string of the molecule is CC(C)[C@H](NC(=O)CC(NC(=O)OCc1ccccc1)c1ccccc1)C(=O)NC(Cc1ccccc1)C(O)CNCC(O)C(Cc1ccccc1)NC(=O)OC(C)(C)C. The molecular formula is C47H61N5O8. The van der Waals surface area contributed by atoms with Crippen molar-refractivity contribution in [3.8, 4) is 0 Å². The van der Waals surface area contributed by atoms with E-state index in [-0.39, 0.29) is 38.5 Å². The number of hydrogen-bond donors (Lipinski definition) is 7. The summed E-state index contributed by atoms with van der Waals surface area (Å²) < 4.78 is 10.9. The van der Waals surface area contributed by atoms with E-state index in [1.165, 1.54) is 0 Å². The molecule has 322 valence electrons. The summed E-state index contributed by atoms with van der Waals surface area (Å²) in [4.78, 5) is 53.2. The van der Waals surface area contributed by atoms with Gasteiger partial charge in [0.2, 0.25) is 11.8 Å². The number of hydrogen-bond acceptors (Lipinski definition) is 9. The summed E-state index contributed by atoms with van der Waals surface area (Å²) in [5.41, 5.74) is 2.54. The van der Waals surface area contributed by atoms with Crippen molar-refractivity contribution >= 4 is 24.0 Å². The Kier molecular flexibility index (Phi) is 18.6. The summed E-state index contributed by atoms with van der Waals surface area (Å²) >= 11 is 0. The molecule has 0 heterocycles. The van der Waals surface area contributed by atoms with Gasteiger partial charge in [-0.1, -0.05) is 135 Å². The van der Waals surface area contributed by atoms with Crippen LogP contribution in [0.2, 0.25) is 0 Å². The fourth-order valence-electron chi connectivity index (χ4n) is 6.49. The number of carbonyl (C=O) groups excluding carboxylic acids is 4. The molecule has 0 aromatic heterocycles. The molecule has 0 saturated carbocycles. The summed E-state index contributed by atoms with van der Waals surface area (Å²) in [6.07, 6.45) is -3.09. The molecule has 0 aliphatic rings. The van der Waals surface area contributed by atoms with Crippen molar-refractivity contribution < 1.29 is 38.9 Å². The van der Waals surface area contributed by atoms with Crippen LogP contribution in [0.1, 0.15) is 69.3 Å². The van der Waals surface area contributed by atoms with Crippen molar-refractivity contribution in [2.75, 3.05) is 13.1 Å². The van der Waals surface area contributed by atoms with E-state index in [2.05, 4.69) is 26.6 Å². The second kappa shape index (κ2) is 23.7. The van der Waals surface area contributed by atoms with Crippen LogP contribution in [0.5, 0.6) is 0 Å². The number of amides is 4. The van der Waals surface area contributed by atoms with Crippen LogP contribution in [-0.4, -0.2) is 83.2 Å². The normalized spacial score (nSPS) is 14.4. The first-order valence-corrected chi connectivity index (χ1v) is 20.4. The maximum absolute atomic E-state index is 14.0. The van der Waals surface area contributed by atoms with Crippen LogP contribution in [0, 0.1) is 5.92 Å². The Morgan fingerprint density at radius 2 is 1.07 bits per heavy atom. The van der Waals surface area contributed by atoms with Crippen LogP contribution in [0.15, 0.2) is 121 Å². The minimum Gasteiger partial charge on any atom is -0.445 e. The number of alkyl carbamates (subject to hydrolysis) is 2. The maximum atomic E-state index is 14.0. The predicted octanol–water partition coefficient (Wildman–Crippen LogP) is 5.36. The lowest BCUT2D eigenvalue weighted by Gasteiger charge is -2.30. The van der Waals surface area contributed by atoms with Crippen molar-refractivity contribution in [3.05, 3.63) is 144 Å². The van der Waals surface area contributed by atoms with E-state index in [4.69, 9.17) is 9.47 Å². The van der Waals surface area contributed by atoms with Gasteiger partial charge in [-0.3, -0.25) is 9.59 Å². The molecule has 0 radical (unpaired) electrons. The van der Waals surface area contributed by atoms with E-state index in [0.29, 0.717) is 12.0 Å². The third kappa shape index (κ3) is 16.8. The largest absolute Gasteiger partial charge is 0.445 e. The topological polar surface area (TPSA) is 187 Å². The zero-order chi connectivity index (χ0) is 43.5. The highest BCUT2D eigenvalue weighted by molar-refractivity contribution is 5.88. The lowest BCUT2D eigenvalue weighted by atomic mass is 9.97. The number of aliphatic hydroxyl groups is 2. The lowest BCUT2D eigenvalue weighted by Crippen LogP contribution is -2.57. The zero-order valence-corrected chi connectivity index (χ0v) is 35.2. The van der Waals surface area contributed by atoms with Crippen LogP contribution in [-0.2, 0) is 38.5 Å². The van der Waals surface area contributed by atoms with Gasteiger partial charge in [-0.05, 0) is 61.8 Å². The third-order valence-corrected chi connectivity index (χ3v) is 9.62. The molecule has 7 N–H and O–H groups in total. The number of aliphatic hydroxyl groups excluding tert-OH is 2. The lowest BCUT2D eigenvalue weighted by molar-refractivity contribution is -0.131. The molecule has 6 atom stereocenters. The minimum atomic E-state index is -1.12. The summed E-state index contributed by atoms with van der Waals surface area (Å²) in [6, 6.07) is 33.9. The molecule has 4 aromatic rings. The van der Waals surface area contributed by atoms with Gasteiger partial charge in [-0.15, -0.1) is 0 Å². The molecule has 0 fully saturated rings. The van der Waals surface area contributed by atoms with Crippen LogP contribution in [0.3, 0.4) is 0 Å². The average Bonchev–Trinajstić information content (AvgIpc) is 3.22. The van der Waals surface area contributed by atoms with Gasteiger partial charge in [0.25, 0.3) is 0 Å². The van der Waals surface area contributed by atoms with Gasteiger partial charge in [0.1, 0.15) is 18.2 Å². The second-order valence-electron chi connectivity index (χ2n) is 16.2. The smallest absolute Gasteiger partial charge is 0.407 e. The average molecular weight is 824 g/mol. The first-order chi connectivity index (χ1) is 28.7. The molecule has 13 heteroatoms. The van der Waals surface area contributed by atoms with Crippen molar-refractivity contribution in [1.82, 2.24) is 26.6 Å². The predicted molar refractivity (Wildman–Crippen MR) is 231 cm³/mol. The van der Waals surface area contributed by atoms with Crippen LogP contribution >= 0.6 is 0 Å². The summed E-state index contributed by atoms with van der Waals surface area (Å²) in [6.45, 7) is 8.95. The van der Waals surface area contributed by atoms with Gasteiger partial charge >= 0.3 is 12.2 Å². The van der Waals surface area contributed by atoms with Crippen molar-refractivity contribution in [2.24, 2.45) is 5.92 Å². The van der Waals surface area contributed by atoms with Crippen molar-refractivity contribution in [1.29, 1.82) is 0 Å². The molecule has 0 aliphatic carbocycles. The standard InChI is InChI=1S/C47H61N5O8/c1-32(2)43(52-42(55)28-37(36-24-16-9-17-25-36)50-45(57)59-31-35-22-14-8-15-23-35)44(56)49-38(26-33-18-10-6-11-19-33)40(53)29-48-30-41(54)39(27-34-20-12-7-13-21-34)51-46(58)60-47(3,4)5/h6-25,32,37-41,43,48,53-54H,26-31H2,1-5H3,(H,49,56)(H,50,57)(H,51,58)(H,52,55)/t37?,38?,39?,40?,41?,43-/m0/s1. The highest BCUT2D eigenvalue weighted by Crippen LogP contribution is 2.18. The Labute approximate surface area is 353 Å². The van der Waals surface area contributed by atoms with Crippen LogP contribution in [0.25, 0.3) is 0 Å². The summed E-state index contributed by atoms with van der Waals surface area (Å²) in [5, 5.41) is 37.3. The van der Waals surface area contributed by atoms with Crippen LogP contribution < -0.4 is 26.6 Å². The van der Waals surface area contributed by atoms with Crippen LogP contribution in [0.4, 0.5) is 9.59 Å². The molecule has 4 amide bonds. The minimum absolute atomic E-state index is 0.0111. The molecule has 4 rings (SSSR count). The van der Waals surface area contributed by atoms with Gasteiger partial charge in [0.05, 0.1) is 36.8 Å². The van der Waals surface area contributed by atoms with E-state index in [0.717, 1.165) is 16.7 Å². The monoisotopic (exact) mass is 823 g/mol. The quantitative estimate of drug-likeness (QED) is 0.0581. The van der Waals surface area contributed by atoms with Crippen molar-refractivity contribution in [2.45, 2.75) is 102 Å². The Hall–Kier alpha value is -5.76. The van der Waals surface area contributed by atoms with E-state index < -0.39 is 66.0 Å². The highest BCUT2D eigenvalue weighted by Gasteiger charge is 2.31.